The lowest BCUT2D eigenvalue weighted by molar-refractivity contribution is -0.422. The fourth-order valence-electron chi connectivity index (χ4n) is 0.125. The molecule has 0 aromatic carbocycles. The second-order valence-electron chi connectivity index (χ2n) is 1.12. The molecule has 0 amide bonds. The average Bonchev–Trinajstić information content (AvgIpc) is 1.91. The zero-order chi connectivity index (χ0) is 6.99. The van der Waals surface area contributed by atoms with E-state index >= 15 is 0 Å². The summed E-state index contributed by atoms with van der Waals surface area (Å²) in [4.78, 5) is 2.92. The molecule has 0 saturated heterocycles. The van der Waals surface area contributed by atoms with Crippen molar-refractivity contribution < 1.29 is 4.99 Å². The molecule has 3 heteroatoms. The molecule has 0 saturated carbocycles. The van der Waals surface area contributed by atoms with Crippen molar-refractivity contribution in [3.63, 3.8) is 0 Å². The maximum atomic E-state index is 6.25. The van der Waals surface area contributed by atoms with Crippen molar-refractivity contribution in [2.75, 3.05) is 14.1 Å². The predicted octanol–water partition coefficient (Wildman–Crippen LogP) is -1.57. The van der Waals surface area contributed by atoms with E-state index in [4.69, 9.17) is 11.8 Å². The first-order valence-corrected chi connectivity index (χ1v) is 2.22. The zero-order valence-corrected chi connectivity index (χ0v) is 5.45. The average molecular weight is 113 g/mol. The lowest BCUT2D eigenvalue weighted by Gasteiger charge is -1.81. The molecule has 2 N–H and O–H groups in total. The molecule has 0 spiro atoms. The molecule has 0 heterocycles. The lowest BCUT2D eigenvalue weighted by Crippen LogP contribution is -2.70. The van der Waals surface area contributed by atoms with Crippen LogP contribution in [0, 0.1) is 11.8 Å². The molecule has 46 valence electrons. The highest BCUT2D eigenvalue weighted by Crippen LogP contribution is 1.39. The maximum absolute atomic E-state index is 6.25. The third kappa shape index (κ3) is 8.88. The van der Waals surface area contributed by atoms with Gasteiger partial charge in [-0.15, -0.1) is 0 Å². The van der Waals surface area contributed by atoms with E-state index in [1.165, 1.54) is 0 Å². The van der Waals surface area contributed by atoms with Gasteiger partial charge in [0, 0.05) is 6.92 Å². The molecule has 0 aliphatic rings. The number of hydrogen-bond donors (Lipinski definition) is 2. The Morgan fingerprint density at radius 2 is 2.00 bits per heavy atom. The van der Waals surface area contributed by atoms with Gasteiger partial charge >= 0.3 is 0 Å². The van der Waals surface area contributed by atoms with Gasteiger partial charge < -0.3 is 11.8 Å². The van der Waals surface area contributed by atoms with Crippen LogP contribution in [0.4, 0.5) is 0 Å². The fourth-order valence-corrected chi connectivity index (χ4v) is 0.125. The third-order valence-corrected chi connectivity index (χ3v) is 0.750. The van der Waals surface area contributed by atoms with E-state index in [1.54, 1.807) is 0 Å². The summed E-state index contributed by atoms with van der Waals surface area (Å²) in [6.45, 7) is 6.72. The second-order valence-corrected chi connectivity index (χ2v) is 1.12. The quantitative estimate of drug-likeness (QED) is 0.226. The molecular formula is C5H11N3. The highest BCUT2D eigenvalue weighted by atomic mass is 14.9. The standard InChI is InChI=1S/C4H10N2.CN/c1-4(5-2)6-3;1-2/h1-3H3,(H,5,6);/q;-1/p+1. The molecule has 0 aromatic heterocycles. The van der Waals surface area contributed by atoms with Gasteiger partial charge in [0.25, 0.3) is 0 Å². The van der Waals surface area contributed by atoms with Crippen molar-refractivity contribution in [2.24, 2.45) is 0 Å². The van der Waals surface area contributed by atoms with Crippen LogP contribution >= 0.6 is 0 Å². The zero-order valence-electron chi connectivity index (χ0n) is 5.45. The summed E-state index contributed by atoms with van der Waals surface area (Å²) in [6.07, 6.45) is 0. The molecule has 0 fully saturated rings. The van der Waals surface area contributed by atoms with Gasteiger partial charge in [-0.25, -0.2) is 0 Å². The van der Waals surface area contributed by atoms with E-state index in [0.717, 1.165) is 5.84 Å². The number of nitrogens with zero attached hydrogens (tertiary/aromatic N) is 1. The fraction of sp³-hybridized carbons (Fsp3) is 0.600. The van der Waals surface area contributed by atoms with Gasteiger partial charge in [0.15, 0.2) is 0 Å². The predicted molar refractivity (Wildman–Crippen MR) is 31.6 cm³/mol. The number of amidine groups is 1. The Bertz CT molecular complexity index is 82.9. The minimum atomic E-state index is 1.09. The normalized spacial score (nSPS) is 8.88. The highest BCUT2D eigenvalue weighted by molar-refractivity contribution is 5.72. The Morgan fingerprint density at radius 3 is 2.00 bits per heavy atom. The minimum Gasteiger partial charge on any atom is -0.512 e. The van der Waals surface area contributed by atoms with Crippen LogP contribution in [-0.4, -0.2) is 19.9 Å². The first-order chi connectivity index (χ1) is 3.81. The van der Waals surface area contributed by atoms with Crippen molar-refractivity contribution in [1.29, 1.82) is 5.26 Å². The van der Waals surface area contributed by atoms with Crippen molar-refractivity contribution in [3.8, 4) is 0 Å². The summed E-state index contributed by atoms with van der Waals surface area (Å²) < 4.78 is 0. The Hall–Kier alpha value is -1.04. The molecule has 8 heavy (non-hydrogen) atoms. The van der Waals surface area contributed by atoms with Crippen LogP contribution in [0.2, 0.25) is 0 Å². The van der Waals surface area contributed by atoms with Crippen LogP contribution in [-0.2, 0) is 0 Å². The topological polar surface area (TPSA) is 49.8 Å². The molecule has 0 aromatic rings. The van der Waals surface area contributed by atoms with E-state index in [0.29, 0.717) is 0 Å². The molecule has 0 atom stereocenters. The van der Waals surface area contributed by atoms with Crippen LogP contribution < -0.4 is 10.3 Å². The van der Waals surface area contributed by atoms with Crippen LogP contribution in [0.1, 0.15) is 6.92 Å². The first-order valence-electron chi connectivity index (χ1n) is 2.22. The number of nitrogens with one attached hydrogen (secondary N) is 2. The first kappa shape index (κ1) is 10.0. The Kier molecular flexibility index (Phi) is 11.7. The van der Waals surface area contributed by atoms with Gasteiger partial charge in [0.05, 0.1) is 14.1 Å². The minimum absolute atomic E-state index is 1.09. The Morgan fingerprint density at radius 1 is 1.62 bits per heavy atom. The molecule has 0 radical (unpaired) electrons. The van der Waals surface area contributed by atoms with Crippen molar-refractivity contribution in [2.45, 2.75) is 6.92 Å². The smallest absolute Gasteiger partial charge is 0.238 e. The third-order valence-electron chi connectivity index (χ3n) is 0.750. The van der Waals surface area contributed by atoms with Crippen LogP contribution in [0.25, 0.3) is 0 Å². The van der Waals surface area contributed by atoms with E-state index in [9.17, 15) is 0 Å². The monoisotopic (exact) mass is 113 g/mol. The summed E-state index contributed by atoms with van der Waals surface area (Å²) >= 11 is 0. The van der Waals surface area contributed by atoms with Gasteiger partial charge in [0.2, 0.25) is 5.84 Å². The van der Waals surface area contributed by atoms with E-state index in [2.05, 4.69) is 10.3 Å². The molecule has 0 unspecified atom stereocenters. The Balaban J connectivity index is 0. The van der Waals surface area contributed by atoms with Crippen molar-refractivity contribution in [3.05, 3.63) is 6.57 Å². The molecule has 0 aliphatic carbocycles. The van der Waals surface area contributed by atoms with Crippen molar-refractivity contribution >= 4 is 5.84 Å². The van der Waals surface area contributed by atoms with Crippen LogP contribution in [0.3, 0.4) is 0 Å². The Labute approximate surface area is 50.0 Å². The van der Waals surface area contributed by atoms with Gasteiger partial charge in [-0.2, -0.15) is 0 Å². The second kappa shape index (κ2) is 9.35. The van der Waals surface area contributed by atoms with E-state index < -0.39 is 0 Å². The molecular weight excluding hydrogens is 102 g/mol. The van der Waals surface area contributed by atoms with Gasteiger partial charge in [0.1, 0.15) is 0 Å². The number of hydrogen-bond acceptors (Lipinski definition) is 1. The summed E-state index contributed by atoms with van der Waals surface area (Å²) in [5, 5.41) is 9.17. The maximum Gasteiger partial charge on any atom is 0.238 e. The number of rotatable bonds is 0. The summed E-state index contributed by atoms with van der Waals surface area (Å²) in [7, 11) is 3.76. The largest absolute Gasteiger partial charge is 0.512 e. The van der Waals surface area contributed by atoms with E-state index in [-0.39, 0.29) is 0 Å². The summed E-state index contributed by atoms with van der Waals surface area (Å²) in [6, 6.07) is 0. The molecule has 3 nitrogen and oxygen atoms in total. The SMILES string of the molecule is CNC(C)=[NH+]C.[C-]#N. The molecule has 0 bridgehead atoms. The van der Waals surface area contributed by atoms with Gasteiger partial charge in [-0.05, 0) is 0 Å². The van der Waals surface area contributed by atoms with Crippen LogP contribution in [0.15, 0.2) is 0 Å². The van der Waals surface area contributed by atoms with Gasteiger partial charge in [-0.1, -0.05) is 0 Å². The van der Waals surface area contributed by atoms with Gasteiger partial charge in [-0.3, -0.25) is 10.3 Å². The van der Waals surface area contributed by atoms with E-state index in [1.807, 2.05) is 21.0 Å². The summed E-state index contributed by atoms with van der Waals surface area (Å²) in [5.41, 5.74) is 0. The van der Waals surface area contributed by atoms with Crippen molar-refractivity contribution in [1.82, 2.24) is 5.32 Å². The van der Waals surface area contributed by atoms with Crippen LogP contribution in [0.5, 0.6) is 0 Å². The summed E-state index contributed by atoms with van der Waals surface area (Å²) in [5.74, 6) is 1.09. The molecule has 0 aliphatic heterocycles. The highest BCUT2D eigenvalue weighted by Gasteiger charge is 1.80. The lowest BCUT2D eigenvalue weighted by atomic mass is 10.7. The molecule has 0 rings (SSSR count).